The molecule has 0 saturated carbocycles. The van der Waals surface area contributed by atoms with Crippen LogP contribution in [0, 0.1) is 5.92 Å². The molecule has 13 heavy (non-hydrogen) atoms. The maximum Gasteiger partial charge on any atom is 0.0622 e. The zero-order chi connectivity index (χ0) is 9.73. The molecule has 2 heteroatoms. The molecule has 2 nitrogen and oxygen atoms in total. The van der Waals surface area contributed by atoms with E-state index in [-0.39, 0.29) is 0 Å². The van der Waals surface area contributed by atoms with Crippen LogP contribution in [0.15, 0.2) is 0 Å². The third-order valence-corrected chi connectivity index (χ3v) is 2.98. The zero-order valence-corrected chi connectivity index (χ0v) is 8.97. The largest absolute Gasteiger partial charge is 0.390 e. The maximum absolute atomic E-state index is 10.0. The van der Waals surface area contributed by atoms with E-state index in [0.717, 1.165) is 38.3 Å². The highest BCUT2D eigenvalue weighted by Crippen LogP contribution is 2.26. The Balaban J connectivity index is 2.28. The quantitative estimate of drug-likeness (QED) is 0.701. The van der Waals surface area contributed by atoms with Gasteiger partial charge in [-0.1, -0.05) is 13.3 Å². The van der Waals surface area contributed by atoms with Crippen molar-refractivity contribution in [1.29, 1.82) is 0 Å². The van der Waals surface area contributed by atoms with Gasteiger partial charge in [-0.15, -0.1) is 0 Å². The van der Waals surface area contributed by atoms with E-state index < -0.39 is 5.60 Å². The summed E-state index contributed by atoms with van der Waals surface area (Å²) in [5, 5.41) is 13.4. The van der Waals surface area contributed by atoms with Gasteiger partial charge in [0.05, 0.1) is 5.60 Å². The molecule has 1 saturated heterocycles. The summed E-state index contributed by atoms with van der Waals surface area (Å²) < 4.78 is 0. The van der Waals surface area contributed by atoms with Gasteiger partial charge in [-0.25, -0.2) is 0 Å². The lowest BCUT2D eigenvalue weighted by atomic mass is 9.84. The Morgan fingerprint density at radius 1 is 1.38 bits per heavy atom. The highest BCUT2D eigenvalue weighted by molar-refractivity contribution is 4.79. The van der Waals surface area contributed by atoms with E-state index in [0.29, 0.717) is 0 Å². The average molecular weight is 185 g/mol. The highest BCUT2D eigenvalue weighted by atomic mass is 16.3. The average Bonchev–Trinajstić information content (AvgIpc) is 2.04. The van der Waals surface area contributed by atoms with Gasteiger partial charge in [-0.05, 0) is 51.6 Å². The monoisotopic (exact) mass is 185 g/mol. The second kappa shape index (κ2) is 4.97. The Morgan fingerprint density at radius 3 is 2.54 bits per heavy atom. The van der Waals surface area contributed by atoms with E-state index in [1.54, 1.807) is 0 Å². The molecule has 1 rings (SSSR count). The molecule has 0 aromatic carbocycles. The molecule has 0 spiro atoms. The summed E-state index contributed by atoms with van der Waals surface area (Å²) in [4.78, 5) is 0. The van der Waals surface area contributed by atoms with Crippen molar-refractivity contribution in [2.75, 3.05) is 13.1 Å². The number of hydrogen-bond donors (Lipinski definition) is 2. The van der Waals surface area contributed by atoms with Gasteiger partial charge in [0.1, 0.15) is 0 Å². The Hall–Kier alpha value is -0.0800. The summed E-state index contributed by atoms with van der Waals surface area (Å²) in [7, 11) is 0. The molecule has 1 fully saturated rings. The van der Waals surface area contributed by atoms with Crippen molar-refractivity contribution in [3.63, 3.8) is 0 Å². The van der Waals surface area contributed by atoms with Crippen molar-refractivity contribution in [3.05, 3.63) is 0 Å². The van der Waals surface area contributed by atoms with Gasteiger partial charge in [0.2, 0.25) is 0 Å². The number of rotatable bonds is 4. The summed E-state index contributed by atoms with van der Waals surface area (Å²) in [5.74, 6) is 0.739. The zero-order valence-electron chi connectivity index (χ0n) is 8.97. The molecule has 0 amide bonds. The van der Waals surface area contributed by atoms with Crippen LogP contribution in [-0.2, 0) is 0 Å². The fourth-order valence-electron chi connectivity index (χ4n) is 2.35. The van der Waals surface area contributed by atoms with Crippen LogP contribution >= 0.6 is 0 Å². The molecule has 0 radical (unpaired) electrons. The van der Waals surface area contributed by atoms with Gasteiger partial charge in [0, 0.05) is 0 Å². The minimum Gasteiger partial charge on any atom is -0.390 e. The molecule has 1 atom stereocenters. The molecule has 1 unspecified atom stereocenters. The van der Waals surface area contributed by atoms with Gasteiger partial charge in [0.15, 0.2) is 0 Å². The molecular formula is C11H23NO. The van der Waals surface area contributed by atoms with Crippen molar-refractivity contribution in [2.24, 2.45) is 5.92 Å². The van der Waals surface area contributed by atoms with Gasteiger partial charge in [0.25, 0.3) is 0 Å². The fourth-order valence-corrected chi connectivity index (χ4v) is 2.35. The lowest BCUT2D eigenvalue weighted by Crippen LogP contribution is -2.34. The summed E-state index contributed by atoms with van der Waals surface area (Å²) in [6.07, 6.45) is 5.48. The standard InChI is InChI=1S/C11H23NO/c1-3-6-11(2,13)9-10-4-7-12-8-5-10/h10,12-13H,3-9H2,1-2H3. The van der Waals surface area contributed by atoms with Crippen LogP contribution in [0.2, 0.25) is 0 Å². The lowest BCUT2D eigenvalue weighted by Gasteiger charge is -2.30. The predicted molar refractivity (Wildman–Crippen MR) is 55.7 cm³/mol. The Morgan fingerprint density at radius 2 is 2.00 bits per heavy atom. The third-order valence-electron chi connectivity index (χ3n) is 2.98. The van der Waals surface area contributed by atoms with E-state index in [2.05, 4.69) is 12.2 Å². The number of piperidine rings is 1. The van der Waals surface area contributed by atoms with Crippen LogP contribution in [-0.4, -0.2) is 23.8 Å². The Kier molecular flexibility index (Phi) is 4.20. The van der Waals surface area contributed by atoms with Crippen molar-refractivity contribution in [1.82, 2.24) is 5.32 Å². The minimum absolute atomic E-state index is 0.420. The molecule has 1 aliphatic heterocycles. The molecule has 0 aromatic rings. The van der Waals surface area contributed by atoms with Gasteiger partial charge < -0.3 is 10.4 Å². The molecule has 0 aliphatic carbocycles. The number of nitrogens with one attached hydrogen (secondary N) is 1. The van der Waals surface area contributed by atoms with Crippen molar-refractivity contribution < 1.29 is 5.11 Å². The van der Waals surface area contributed by atoms with Crippen LogP contribution in [0.1, 0.15) is 46.0 Å². The first-order chi connectivity index (χ1) is 6.14. The van der Waals surface area contributed by atoms with Crippen LogP contribution < -0.4 is 5.32 Å². The molecule has 0 bridgehead atoms. The van der Waals surface area contributed by atoms with Crippen LogP contribution in [0.25, 0.3) is 0 Å². The van der Waals surface area contributed by atoms with E-state index in [9.17, 15) is 5.11 Å². The van der Waals surface area contributed by atoms with Crippen LogP contribution in [0.4, 0.5) is 0 Å². The number of hydrogen-bond acceptors (Lipinski definition) is 2. The minimum atomic E-state index is -0.420. The molecule has 1 heterocycles. The molecule has 78 valence electrons. The van der Waals surface area contributed by atoms with Crippen LogP contribution in [0.5, 0.6) is 0 Å². The molecule has 2 N–H and O–H groups in total. The van der Waals surface area contributed by atoms with Crippen molar-refractivity contribution >= 4 is 0 Å². The predicted octanol–water partition coefficient (Wildman–Crippen LogP) is 1.93. The fraction of sp³-hybridized carbons (Fsp3) is 1.00. The van der Waals surface area contributed by atoms with Gasteiger partial charge in [-0.2, -0.15) is 0 Å². The summed E-state index contributed by atoms with van der Waals surface area (Å²) >= 11 is 0. The van der Waals surface area contributed by atoms with Crippen molar-refractivity contribution in [2.45, 2.75) is 51.6 Å². The normalized spacial score (nSPS) is 24.2. The van der Waals surface area contributed by atoms with E-state index in [1.165, 1.54) is 12.8 Å². The second-order valence-corrected chi connectivity index (χ2v) is 4.64. The van der Waals surface area contributed by atoms with Crippen LogP contribution in [0.3, 0.4) is 0 Å². The molecular weight excluding hydrogens is 162 g/mol. The number of aliphatic hydroxyl groups is 1. The SMILES string of the molecule is CCCC(C)(O)CC1CCNCC1. The molecule has 0 aromatic heterocycles. The lowest BCUT2D eigenvalue weighted by molar-refractivity contribution is 0.0201. The van der Waals surface area contributed by atoms with E-state index >= 15 is 0 Å². The smallest absolute Gasteiger partial charge is 0.0622 e. The summed E-state index contributed by atoms with van der Waals surface area (Å²) in [6.45, 7) is 6.38. The van der Waals surface area contributed by atoms with E-state index in [1.807, 2.05) is 6.92 Å². The maximum atomic E-state index is 10.0. The summed E-state index contributed by atoms with van der Waals surface area (Å²) in [5.41, 5.74) is -0.420. The third kappa shape index (κ3) is 4.10. The highest BCUT2D eigenvalue weighted by Gasteiger charge is 2.25. The second-order valence-electron chi connectivity index (χ2n) is 4.64. The first kappa shape index (κ1) is 11.0. The first-order valence-electron chi connectivity index (χ1n) is 5.57. The first-order valence-corrected chi connectivity index (χ1v) is 5.57. The van der Waals surface area contributed by atoms with E-state index in [4.69, 9.17) is 0 Å². The Labute approximate surface area is 81.7 Å². The van der Waals surface area contributed by atoms with Gasteiger partial charge in [-0.3, -0.25) is 0 Å². The topological polar surface area (TPSA) is 32.3 Å². The van der Waals surface area contributed by atoms with Gasteiger partial charge >= 0.3 is 0 Å². The Bertz CT molecular complexity index is 139. The van der Waals surface area contributed by atoms with Crippen molar-refractivity contribution in [3.8, 4) is 0 Å². The summed E-state index contributed by atoms with van der Waals surface area (Å²) in [6, 6.07) is 0. The molecule has 1 aliphatic rings.